The number of anilines is 3. The van der Waals surface area contributed by atoms with Crippen LogP contribution < -0.4 is 10.2 Å². The molecule has 4 heteroatoms. The predicted molar refractivity (Wildman–Crippen MR) is 265 cm³/mol. The molecule has 2 unspecified atom stereocenters. The standard InChI is InChI=1S/C57H58N4/c1-5-9-11-12-25-39-60(8-4)53-35-23-21-32-47(53)50-37-38-51-48-33-22-24-36-54(48)61(57(51)56(50)58-44-29-17-14-18-30-44)46-31-19-20-34-49-52(43-27-15-13-16-28-43)41-45(40-46)59-55(49)42(7-3)26-10-6-2/h6-7,9-33,35-38,45,49,52,58H,3,5,8,34,39-41H2,1-2,4H3/b10-6-,11-9-,20-19-,25-12-,42-26+,46-31+/t45?,49-,52?/m0/s1. The number of aromatic nitrogens is 1. The molecular formula is C57H58N4. The van der Waals surface area contributed by atoms with Crippen molar-refractivity contribution in [2.24, 2.45) is 10.9 Å². The van der Waals surface area contributed by atoms with Crippen LogP contribution in [0.2, 0.25) is 0 Å². The van der Waals surface area contributed by atoms with Crippen LogP contribution in [0.25, 0.3) is 38.6 Å². The van der Waals surface area contributed by atoms with Gasteiger partial charge in [0.2, 0.25) is 0 Å². The molecule has 3 aliphatic rings. The van der Waals surface area contributed by atoms with Crippen molar-refractivity contribution in [2.45, 2.75) is 58.4 Å². The Labute approximate surface area is 363 Å². The van der Waals surface area contributed by atoms with Gasteiger partial charge in [0.15, 0.2) is 0 Å². The van der Waals surface area contributed by atoms with Crippen molar-refractivity contribution < 1.29 is 0 Å². The van der Waals surface area contributed by atoms with Crippen LogP contribution in [-0.4, -0.2) is 29.4 Å². The molecule has 1 N–H and O–H groups in total. The summed E-state index contributed by atoms with van der Waals surface area (Å²) in [6, 6.07) is 44.2. The first-order chi connectivity index (χ1) is 30.1. The van der Waals surface area contributed by atoms with Crippen LogP contribution in [0.4, 0.5) is 17.1 Å². The van der Waals surface area contributed by atoms with Crippen LogP contribution in [0.1, 0.15) is 57.9 Å². The maximum atomic E-state index is 5.69. The first-order valence-electron chi connectivity index (χ1n) is 22.1. The van der Waals surface area contributed by atoms with E-state index in [-0.39, 0.29) is 12.0 Å². The summed E-state index contributed by atoms with van der Waals surface area (Å²) in [6.07, 6.45) is 27.8. The quantitative estimate of drug-likeness (QED) is 0.111. The second-order valence-corrected chi connectivity index (χ2v) is 16.0. The minimum atomic E-state index is 0.0622. The molecule has 1 aromatic heterocycles. The molecule has 6 aromatic rings. The van der Waals surface area contributed by atoms with Gasteiger partial charge in [-0.1, -0.05) is 171 Å². The van der Waals surface area contributed by atoms with E-state index in [1.165, 1.54) is 44.3 Å². The smallest absolute Gasteiger partial charge is 0.0780 e. The zero-order chi connectivity index (χ0) is 42.0. The highest BCUT2D eigenvalue weighted by Gasteiger charge is 2.36. The molecule has 3 atom stereocenters. The maximum Gasteiger partial charge on any atom is 0.0780 e. The Bertz CT molecular complexity index is 2680. The number of nitrogens with one attached hydrogen (secondary N) is 1. The van der Waals surface area contributed by atoms with Crippen molar-refractivity contribution in [3.8, 4) is 11.1 Å². The molecule has 4 nitrogen and oxygen atoms in total. The Hall–Kier alpha value is -6.65. The van der Waals surface area contributed by atoms with E-state index in [0.29, 0.717) is 5.92 Å². The van der Waals surface area contributed by atoms with Crippen molar-refractivity contribution in [3.05, 3.63) is 206 Å². The van der Waals surface area contributed by atoms with Gasteiger partial charge in [-0.15, -0.1) is 0 Å². The lowest BCUT2D eigenvalue weighted by atomic mass is 9.72. The minimum Gasteiger partial charge on any atom is -0.368 e. The summed E-state index contributed by atoms with van der Waals surface area (Å²) >= 11 is 0. The monoisotopic (exact) mass is 798 g/mol. The third-order valence-electron chi connectivity index (χ3n) is 12.2. The molecule has 0 saturated carbocycles. The van der Waals surface area contributed by atoms with Gasteiger partial charge in [0.1, 0.15) is 0 Å². The van der Waals surface area contributed by atoms with Crippen molar-refractivity contribution in [1.29, 1.82) is 0 Å². The second kappa shape index (κ2) is 19.6. The SMILES string of the molecule is C=C/C(=C\C=C/C)C1=NC2C/C(n3c4ccccc4c4ccc(-c5ccccc5N(CC)C/C=C\C=C/CC)c(Nc5ccccc5)c43)=C\C=C/C[C@H]1C(c1ccccc1)C2. The van der Waals surface area contributed by atoms with Gasteiger partial charge in [0, 0.05) is 70.1 Å². The van der Waals surface area contributed by atoms with E-state index >= 15 is 0 Å². The van der Waals surface area contributed by atoms with Gasteiger partial charge in [0.25, 0.3) is 0 Å². The zero-order valence-corrected chi connectivity index (χ0v) is 35.9. The molecule has 306 valence electrons. The Morgan fingerprint density at radius 1 is 0.803 bits per heavy atom. The number of para-hydroxylation sites is 3. The molecule has 0 spiro atoms. The van der Waals surface area contributed by atoms with Crippen LogP contribution in [-0.2, 0) is 0 Å². The molecule has 0 fully saturated rings. The molecule has 61 heavy (non-hydrogen) atoms. The summed E-state index contributed by atoms with van der Waals surface area (Å²) in [5.74, 6) is 0.579. The average molecular weight is 799 g/mol. The van der Waals surface area contributed by atoms with Crippen LogP contribution in [0.5, 0.6) is 0 Å². The second-order valence-electron chi connectivity index (χ2n) is 16.0. The van der Waals surface area contributed by atoms with Crippen molar-refractivity contribution >= 4 is 50.3 Å². The van der Waals surface area contributed by atoms with E-state index in [0.717, 1.165) is 67.0 Å². The Morgan fingerprint density at radius 2 is 1.56 bits per heavy atom. The summed E-state index contributed by atoms with van der Waals surface area (Å²) in [7, 11) is 0. The fourth-order valence-corrected chi connectivity index (χ4v) is 9.32. The fourth-order valence-electron chi connectivity index (χ4n) is 9.32. The van der Waals surface area contributed by atoms with Crippen LogP contribution in [0.3, 0.4) is 0 Å². The minimum absolute atomic E-state index is 0.0622. The van der Waals surface area contributed by atoms with Crippen molar-refractivity contribution in [3.63, 3.8) is 0 Å². The Kier molecular flexibility index (Phi) is 13.2. The fraction of sp³-hybridized carbons (Fsp3) is 0.211. The highest BCUT2D eigenvalue weighted by Crippen LogP contribution is 2.47. The van der Waals surface area contributed by atoms with Crippen LogP contribution >= 0.6 is 0 Å². The van der Waals surface area contributed by atoms with Gasteiger partial charge in [0.05, 0.1) is 22.8 Å². The van der Waals surface area contributed by atoms with Crippen molar-refractivity contribution in [2.75, 3.05) is 23.3 Å². The van der Waals surface area contributed by atoms with Gasteiger partial charge in [-0.25, -0.2) is 0 Å². The summed E-state index contributed by atoms with van der Waals surface area (Å²) in [4.78, 5) is 8.15. The first kappa shape index (κ1) is 41.1. The lowest BCUT2D eigenvalue weighted by Crippen LogP contribution is -2.33. The number of nitrogens with zero attached hydrogens (tertiary/aromatic N) is 3. The normalized spacial score (nSPS) is 19.7. The molecule has 3 heterocycles. The van der Waals surface area contributed by atoms with Crippen LogP contribution in [0, 0.1) is 5.92 Å². The molecular weight excluding hydrogens is 741 g/mol. The van der Waals surface area contributed by atoms with Crippen LogP contribution in [0.15, 0.2) is 205 Å². The molecule has 0 radical (unpaired) electrons. The molecule has 2 bridgehead atoms. The van der Waals surface area contributed by atoms with E-state index in [4.69, 9.17) is 4.99 Å². The molecule has 2 aliphatic heterocycles. The van der Waals surface area contributed by atoms with E-state index in [9.17, 15) is 0 Å². The summed E-state index contributed by atoms with van der Waals surface area (Å²) < 4.78 is 2.54. The largest absolute Gasteiger partial charge is 0.368 e. The number of likely N-dealkylation sites (N-methyl/N-ethyl adjacent to an activating group) is 1. The number of benzene rings is 5. The number of allylic oxidation sites excluding steroid dienone is 11. The van der Waals surface area contributed by atoms with Gasteiger partial charge in [-0.2, -0.15) is 0 Å². The number of hydrogen-bond donors (Lipinski definition) is 1. The third-order valence-corrected chi connectivity index (χ3v) is 12.2. The number of aliphatic imine (C=N–C) groups is 1. The average Bonchev–Trinajstić information content (AvgIpc) is 3.65. The molecule has 0 amide bonds. The number of rotatable bonds is 14. The Morgan fingerprint density at radius 3 is 2.34 bits per heavy atom. The Balaban J connectivity index is 1.34. The molecule has 9 rings (SSSR count). The molecule has 5 aromatic carbocycles. The summed E-state index contributed by atoms with van der Waals surface area (Å²) in [6.45, 7) is 12.5. The molecule has 1 aliphatic carbocycles. The van der Waals surface area contributed by atoms with Crippen molar-refractivity contribution in [1.82, 2.24) is 4.57 Å². The van der Waals surface area contributed by atoms with Gasteiger partial charge < -0.3 is 14.8 Å². The van der Waals surface area contributed by atoms with Gasteiger partial charge >= 0.3 is 0 Å². The number of hydrogen-bond acceptors (Lipinski definition) is 3. The van der Waals surface area contributed by atoms with Gasteiger partial charge in [-0.05, 0) is 80.5 Å². The third kappa shape index (κ3) is 8.81. The summed E-state index contributed by atoms with van der Waals surface area (Å²) in [5, 5.41) is 6.45. The lowest BCUT2D eigenvalue weighted by molar-refractivity contribution is 0.426. The summed E-state index contributed by atoms with van der Waals surface area (Å²) in [5.41, 5.74) is 12.9. The van der Waals surface area contributed by atoms with E-state index in [1.54, 1.807) is 0 Å². The zero-order valence-electron chi connectivity index (χ0n) is 35.9. The lowest BCUT2D eigenvalue weighted by Gasteiger charge is -2.37. The van der Waals surface area contributed by atoms with E-state index in [2.05, 4.69) is 224 Å². The molecule has 0 saturated heterocycles. The highest BCUT2D eigenvalue weighted by atomic mass is 15.1. The first-order valence-corrected chi connectivity index (χ1v) is 22.1. The number of fused-ring (bicyclic) bond motifs is 7. The topological polar surface area (TPSA) is 32.6 Å². The highest BCUT2D eigenvalue weighted by molar-refractivity contribution is 6.17. The van der Waals surface area contributed by atoms with E-state index < -0.39 is 0 Å². The van der Waals surface area contributed by atoms with E-state index in [1.807, 2.05) is 6.08 Å². The van der Waals surface area contributed by atoms with Gasteiger partial charge in [-0.3, -0.25) is 4.99 Å². The maximum absolute atomic E-state index is 5.69. The predicted octanol–water partition coefficient (Wildman–Crippen LogP) is 15.0.